The predicted molar refractivity (Wildman–Crippen MR) is 101 cm³/mol. The molecule has 0 spiro atoms. The molecule has 0 bridgehead atoms. The highest BCUT2D eigenvalue weighted by molar-refractivity contribution is 6.31. The molecule has 132 valence electrons. The van der Waals surface area contributed by atoms with Crippen molar-refractivity contribution in [2.75, 3.05) is 6.61 Å². The van der Waals surface area contributed by atoms with Crippen molar-refractivity contribution >= 4 is 22.5 Å². The first-order valence-corrected chi connectivity index (χ1v) is 9.01. The molecule has 0 aliphatic heterocycles. The molecule has 25 heavy (non-hydrogen) atoms. The van der Waals surface area contributed by atoms with Gasteiger partial charge in [-0.25, -0.2) is 0 Å². The Hall–Kier alpha value is -2.04. The summed E-state index contributed by atoms with van der Waals surface area (Å²) in [5.41, 5.74) is 3.01. The Morgan fingerprint density at radius 2 is 2.00 bits per heavy atom. The molecule has 0 amide bonds. The zero-order chi connectivity index (χ0) is 17.6. The van der Waals surface area contributed by atoms with Crippen molar-refractivity contribution in [2.45, 2.75) is 38.7 Å². The van der Waals surface area contributed by atoms with Crippen molar-refractivity contribution in [3.8, 4) is 5.75 Å². The monoisotopic (exact) mass is 358 g/mol. The molecule has 0 aliphatic rings. The predicted octanol–water partition coefficient (Wildman–Crippen LogP) is 4.68. The minimum atomic E-state index is -0.478. The molecule has 3 rings (SSSR count). The summed E-state index contributed by atoms with van der Waals surface area (Å²) in [5, 5.41) is 19.2. The molecule has 0 unspecified atom stereocenters. The van der Waals surface area contributed by atoms with E-state index in [4.69, 9.17) is 16.3 Å². The van der Waals surface area contributed by atoms with Gasteiger partial charge in [0.15, 0.2) is 0 Å². The van der Waals surface area contributed by atoms with Gasteiger partial charge in [-0.15, -0.1) is 0 Å². The Morgan fingerprint density at radius 3 is 2.84 bits per heavy atom. The van der Waals surface area contributed by atoms with Crippen LogP contribution in [0.15, 0.2) is 42.5 Å². The lowest BCUT2D eigenvalue weighted by Crippen LogP contribution is -2.17. The van der Waals surface area contributed by atoms with Crippen LogP contribution < -0.4 is 4.74 Å². The summed E-state index contributed by atoms with van der Waals surface area (Å²) < 4.78 is 5.82. The number of aromatic nitrogens is 2. The third-order valence-electron chi connectivity index (χ3n) is 4.35. The second-order valence-electron chi connectivity index (χ2n) is 6.30. The molecule has 2 aromatic carbocycles. The molecule has 0 saturated heterocycles. The van der Waals surface area contributed by atoms with Crippen LogP contribution >= 0.6 is 11.6 Å². The first-order chi connectivity index (χ1) is 12.1. The second kappa shape index (κ2) is 8.37. The molecule has 0 radical (unpaired) electrons. The van der Waals surface area contributed by atoms with Gasteiger partial charge >= 0.3 is 0 Å². The van der Waals surface area contributed by atoms with E-state index in [2.05, 4.69) is 16.3 Å². The van der Waals surface area contributed by atoms with E-state index in [1.807, 2.05) is 43.3 Å². The molecule has 2 N–H and O–H groups in total. The molecule has 1 aromatic heterocycles. The SMILES string of the molecule is Cc1[nH]nc2cccc(OC[C@@H](O)CCCCc3ccccc3Cl)c12. The third kappa shape index (κ3) is 4.53. The van der Waals surface area contributed by atoms with Crippen LogP contribution in [0.4, 0.5) is 0 Å². The molecule has 3 aromatic rings. The van der Waals surface area contributed by atoms with Gasteiger partial charge in [-0.2, -0.15) is 5.10 Å². The number of aromatic amines is 1. The summed E-state index contributed by atoms with van der Waals surface area (Å²) in [6.07, 6.45) is 3.10. The number of hydrogen-bond donors (Lipinski definition) is 2. The van der Waals surface area contributed by atoms with Crippen LogP contribution in [0.2, 0.25) is 5.02 Å². The maximum absolute atomic E-state index is 10.2. The fraction of sp³-hybridized carbons (Fsp3) is 0.350. The van der Waals surface area contributed by atoms with E-state index in [1.54, 1.807) is 0 Å². The highest BCUT2D eigenvalue weighted by Gasteiger charge is 2.11. The second-order valence-corrected chi connectivity index (χ2v) is 6.71. The Kier molecular flexibility index (Phi) is 5.95. The lowest BCUT2D eigenvalue weighted by molar-refractivity contribution is 0.0984. The number of ether oxygens (including phenoxy) is 1. The van der Waals surface area contributed by atoms with Crippen LogP contribution in [0, 0.1) is 6.92 Å². The highest BCUT2D eigenvalue weighted by atomic mass is 35.5. The summed E-state index contributed by atoms with van der Waals surface area (Å²) >= 11 is 6.16. The Bertz CT molecular complexity index is 831. The summed E-state index contributed by atoms with van der Waals surface area (Å²) in [5.74, 6) is 0.763. The maximum Gasteiger partial charge on any atom is 0.130 e. The van der Waals surface area contributed by atoms with Gasteiger partial charge < -0.3 is 9.84 Å². The van der Waals surface area contributed by atoms with Crippen LogP contribution in [0.3, 0.4) is 0 Å². The summed E-state index contributed by atoms with van der Waals surface area (Å²) in [6, 6.07) is 13.7. The van der Waals surface area contributed by atoms with Crippen LogP contribution in [0.1, 0.15) is 30.5 Å². The first-order valence-electron chi connectivity index (χ1n) is 8.63. The van der Waals surface area contributed by atoms with Crippen LogP contribution in [0.25, 0.3) is 10.9 Å². The van der Waals surface area contributed by atoms with Crippen molar-refractivity contribution in [1.82, 2.24) is 10.2 Å². The van der Waals surface area contributed by atoms with Crippen LogP contribution in [-0.2, 0) is 6.42 Å². The Morgan fingerprint density at radius 1 is 1.16 bits per heavy atom. The number of nitrogens with one attached hydrogen (secondary N) is 1. The van der Waals surface area contributed by atoms with Gasteiger partial charge in [0, 0.05) is 10.7 Å². The van der Waals surface area contributed by atoms with Crippen molar-refractivity contribution in [3.63, 3.8) is 0 Å². The quantitative estimate of drug-likeness (QED) is 0.575. The molecular formula is C20H23ClN2O2. The molecule has 1 atom stereocenters. The molecule has 4 nitrogen and oxygen atoms in total. The van der Waals surface area contributed by atoms with Gasteiger partial charge in [-0.05, 0) is 49.9 Å². The van der Waals surface area contributed by atoms with E-state index < -0.39 is 6.10 Å². The number of aliphatic hydroxyl groups excluding tert-OH is 1. The van der Waals surface area contributed by atoms with Crippen molar-refractivity contribution in [2.24, 2.45) is 0 Å². The molecule has 0 fully saturated rings. The fourth-order valence-electron chi connectivity index (χ4n) is 2.98. The van der Waals surface area contributed by atoms with Gasteiger partial charge in [-0.1, -0.05) is 42.3 Å². The topological polar surface area (TPSA) is 58.1 Å². The van der Waals surface area contributed by atoms with Gasteiger partial charge in [0.05, 0.1) is 17.0 Å². The molecule has 0 aliphatic carbocycles. The van der Waals surface area contributed by atoms with E-state index in [1.165, 1.54) is 0 Å². The van der Waals surface area contributed by atoms with Gasteiger partial charge in [-0.3, -0.25) is 5.10 Å². The average Bonchev–Trinajstić information content (AvgIpc) is 3.00. The maximum atomic E-state index is 10.2. The lowest BCUT2D eigenvalue weighted by Gasteiger charge is -2.13. The van der Waals surface area contributed by atoms with Gasteiger partial charge in [0.25, 0.3) is 0 Å². The standard InChI is InChI=1S/C20H23ClN2O2/c1-14-20-18(23-22-14)11-6-12-19(20)25-13-16(24)9-4-2-7-15-8-3-5-10-17(15)21/h3,5-6,8,10-12,16,24H,2,4,7,9,13H2,1H3,(H,22,23)/t16-/m0/s1. The number of hydrogen-bond acceptors (Lipinski definition) is 3. The van der Waals surface area contributed by atoms with Crippen LogP contribution in [-0.4, -0.2) is 28.0 Å². The van der Waals surface area contributed by atoms with Crippen molar-refractivity contribution in [3.05, 3.63) is 58.7 Å². The van der Waals surface area contributed by atoms with E-state index in [0.717, 1.165) is 52.2 Å². The summed E-state index contributed by atoms with van der Waals surface area (Å²) in [6.45, 7) is 2.25. The smallest absolute Gasteiger partial charge is 0.130 e. The highest BCUT2D eigenvalue weighted by Crippen LogP contribution is 2.27. The van der Waals surface area contributed by atoms with E-state index in [-0.39, 0.29) is 6.61 Å². The minimum Gasteiger partial charge on any atom is -0.490 e. The zero-order valence-corrected chi connectivity index (χ0v) is 15.1. The average molecular weight is 359 g/mol. The van der Waals surface area contributed by atoms with E-state index >= 15 is 0 Å². The number of unbranched alkanes of at least 4 members (excludes halogenated alkanes) is 1. The van der Waals surface area contributed by atoms with Crippen molar-refractivity contribution in [1.29, 1.82) is 0 Å². The number of aliphatic hydroxyl groups is 1. The van der Waals surface area contributed by atoms with Gasteiger partial charge in [0.1, 0.15) is 12.4 Å². The number of H-pyrrole nitrogens is 1. The first kappa shape index (κ1) is 17.8. The molecular weight excluding hydrogens is 336 g/mol. The number of halogens is 1. The van der Waals surface area contributed by atoms with E-state index in [9.17, 15) is 5.11 Å². The number of aryl methyl sites for hydroxylation is 2. The fourth-order valence-corrected chi connectivity index (χ4v) is 3.21. The molecule has 1 heterocycles. The number of benzene rings is 2. The number of rotatable bonds is 8. The Balaban J connectivity index is 1.44. The minimum absolute atomic E-state index is 0.288. The summed E-state index contributed by atoms with van der Waals surface area (Å²) in [4.78, 5) is 0. The van der Waals surface area contributed by atoms with Gasteiger partial charge in [0.2, 0.25) is 0 Å². The number of fused-ring (bicyclic) bond motifs is 1. The zero-order valence-electron chi connectivity index (χ0n) is 14.3. The summed E-state index contributed by atoms with van der Waals surface area (Å²) in [7, 11) is 0. The normalized spacial score (nSPS) is 12.4. The molecule has 0 saturated carbocycles. The lowest BCUT2D eigenvalue weighted by atomic mass is 10.1. The van der Waals surface area contributed by atoms with Crippen molar-refractivity contribution < 1.29 is 9.84 Å². The number of nitrogens with zero attached hydrogens (tertiary/aromatic N) is 1. The largest absolute Gasteiger partial charge is 0.490 e. The molecule has 5 heteroatoms. The third-order valence-corrected chi connectivity index (χ3v) is 4.71. The van der Waals surface area contributed by atoms with Crippen LogP contribution in [0.5, 0.6) is 5.75 Å². The Labute approximate surface area is 152 Å². The van der Waals surface area contributed by atoms with E-state index in [0.29, 0.717) is 6.42 Å².